The van der Waals surface area contributed by atoms with E-state index in [0.29, 0.717) is 31.4 Å². The van der Waals surface area contributed by atoms with E-state index >= 15 is 0 Å². The fourth-order valence-corrected chi connectivity index (χ4v) is 4.50. The standard InChI is InChI=1S/C18H24ClF3N4O/c19-14-10-13(18(20,21)22)11-24-16(14)25-8-5-12(6-9-25)15-4-2-1-3-7-26(15)17(23)27/h10-12,15H,1-9H2,(H2,23,27)/t15-/m0/s1. The third-order valence-corrected chi connectivity index (χ3v) is 5.89. The van der Waals surface area contributed by atoms with Crippen LogP contribution in [0, 0.1) is 5.92 Å². The number of carbonyl (C=O) groups excluding carboxylic acids is 1. The molecule has 0 aromatic carbocycles. The Labute approximate surface area is 161 Å². The summed E-state index contributed by atoms with van der Waals surface area (Å²) in [6, 6.07) is 0.704. The molecule has 9 heteroatoms. The number of nitrogens with two attached hydrogens (primary N) is 1. The molecule has 2 aliphatic heterocycles. The first-order valence-electron chi connectivity index (χ1n) is 9.31. The molecular weight excluding hydrogens is 381 g/mol. The van der Waals surface area contributed by atoms with Crippen molar-refractivity contribution in [3.8, 4) is 0 Å². The van der Waals surface area contributed by atoms with Crippen molar-refractivity contribution in [2.75, 3.05) is 24.5 Å². The van der Waals surface area contributed by atoms with Crippen LogP contribution in [0.4, 0.5) is 23.8 Å². The summed E-state index contributed by atoms with van der Waals surface area (Å²) in [7, 11) is 0. The zero-order chi connectivity index (χ0) is 19.6. The largest absolute Gasteiger partial charge is 0.417 e. The zero-order valence-corrected chi connectivity index (χ0v) is 15.8. The summed E-state index contributed by atoms with van der Waals surface area (Å²) in [5.41, 5.74) is 4.73. The number of primary amides is 1. The molecule has 5 nitrogen and oxygen atoms in total. The number of rotatable bonds is 2. The number of halogens is 4. The van der Waals surface area contributed by atoms with Gasteiger partial charge in [-0.2, -0.15) is 13.2 Å². The van der Waals surface area contributed by atoms with Gasteiger partial charge in [0.15, 0.2) is 0 Å². The van der Waals surface area contributed by atoms with Crippen LogP contribution in [0.1, 0.15) is 44.1 Å². The molecule has 0 saturated carbocycles. The molecule has 2 fully saturated rings. The lowest BCUT2D eigenvalue weighted by molar-refractivity contribution is -0.137. The van der Waals surface area contributed by atoms with E-state index in [1.807, 2.05) is 4.90 Å². The van der Waals surface area contributed by atoms with Crippen molar-refractivity contribution in [3.63, 3.8) is 0 Å². The van der Waals surface area contributed by atoms with Crippen LogP contribution in [-0.4, -0.2) is 41.6 Å². The van der Waals surface area contributed by atoms with Crippen molar-refractivity contribution >= 4 is 23.4 Å². The molecule has 1 atom stereocenters. The predicted molar refractivity (Wildman–Crippen MR) is 97.7 cm³/mol. The van der Waals surface area contributed by atoms with E-state index in [-0.39, 0.29) is 17.1 Å². The lowest BCUT2D eigenvalue weighted by Crippen LogP contribution is -2.49. The normalized spacial score (nSPS) is 22.6. The molecule has 2 amide bonds. The van der Waals surface area contributed by atoms with Crippen LogP contribution in [0.2, 0.25) is 5.02 Å². The topological polar surface area (TPSA) is 62.5 Å². The number of piperidine rings is 1. The predicted octanol–water partition coefficient (Wildman–Crippen LogP) is 4.29. The first kappa shape index (κ1) is 20.0. The summed E-state index contributed by atoms with van der Waals surface area (Å²) in [6.07, 6.45) is 2.13. The molecule has 27 heavy (non-hydrogen) atoms. The molecule has 3 rings (SSSR count). The second kappa shape index (κ2) is 8.12. The molecule has 2 N–H and O–H groups in total. The third kappa shape index (κ3) is 4.59. The number of pyridine rings is 1. The van der Waals surface area contributed by atoms with Crippen LogP contribution in [0.25, 0.3) is 0 Å². The summed E-state index contributed by atoms with van der Waals surface area (Å²) in [5.74, 6) is 0.718. The Kier molecular flexibility index (Phi) is 6.03. The second-order valence-corrected chi connectivity index (χ2v) is 7.71. The average molecular weight is 405 g/mol. The molecule has 0 aliphatic carbocycles. The van der Waals surface area contributed by atoms with Gasteiger partial charge in [0.2, 0.25) is 0 Å². The van der Waals surface area contributed by atoms with Crippen molar-refractivity contribution < 1.29 is 18.0 Å². The smallest absolute Gasteiger partial charge is 0.355 e. The molecule has 0 bridgehead atoms. The Morgan fingerprint density at radius 2 is 1.85 bits per heavy atom. The number of alkyl halides is 3. The number of aromatic nitrogens is 1. The maximum atomic E-state index is 12.8. The minimum absolute atomic E-state index is 0.0107. The van der Waals surface area contributed by atoms with E-state index in [4.69, 9.17) is 17.3 Å². The molecule has 1 aromatic heterocycles. The van der Waals surface area contributed by atoms with Crippen LogP contribution in [0.3, 0.4) is 0 Å². The molecular formula is C18H24ClF3N4O. The number of likely N-dealkylation sites (tertiary alicyclic amines) is 1. The first-order valence-corrected chi connectivity index (χ1v) is 9.69. The first-order chi connectivity index (χ1) is 12.8. The Morgan fingerprint density at radius 3 is 2.44 bits per heavy atom. The summed E-state index contributed by atoms with van der Waals surface area (Å²) in [6.45, 7) is 1.99. The number of amides is 2. The zero-order valence-electron chi connectivity index (χ0n) is 15.0. The molecule has 0 spiro atoms. The number of nitrogens with zero attached hydrogens (tertiary/aromatic N) is 3. The number of anilines is 1. The van der Waals surface area contributed by atoms with E-state index in [9.17, 15) is 18.0 Å². The molecule has 2 aliphatic rings. The highest BCUT2D eigenvalue weighted by molar-refractivity contribution is 6.33. The SMILES string of the molecule is NC(=O)N1CCCCC[C@H]1C1CCN(c2ncc(C(F)(F)F)cc2Cl)CC1. The van der Waals surface area contributed by atoms with Crippen LogP contribution >= 0.6 is 11.6 Å². The van der Waals surface area contributed by atoms with E-state index < -0.39 is 11.7 Å². The van der Waals surface area contributed by atoms with Crippen molar-refractivity contribution in [2.24, 2.45) is 11.7 Å². The molecule has 2 saturated heterocycles. The van der Waals surface area contributed by atoms with Crippen LogP contribution in [0.5, 0.6) is 0 Å². The molecule has 0 unspecified atom stereocenters. The number of hydrogen-bond acceptors (Lipinski definition) is 3. The molecule has 0 radical (unpaired) electrons. The van der Waals surface area contributed by atoms with Gasteiger partial charge in [0.25, 0.3) is 0 Å². The third-order valence-electron chi connectivity index (χ3n) is 5.61. The Morgan fingerprint density at radius 1 is 1.15 bits per heavy atom. The minimum Gasteiger partial charge on any atom is -0.355 e. The van der Waals surface area contributed by atoms with Gasteiger partial charge in [0, 0.05) is 31.9 Å². The summed E-state index contributed by atoms with van der Waals surface area (Å²) < 4.78 is 38.3. The van der Waals surface area contributed by atoms with Gasteiger partial charge in [-0.25, -0.2) is 9.78 Å². The van der Waals surface area contributed by atoms with Crippen molar-refractivity contribution in [2.45, 2.75) is 50.7 Å². The molecule has 3 heterocycles. The van der Waals surface area contributed by atoms with Gasteiger partial charge >= 0.3 is 12.2 Å². The van der Waals surface area contributed by atoms with E-state index in [1.54, 1.807) is 4.90 Å². The van der Waals surface area contributed by atoms with Gasteiger partial charge in [-0.3, -0.25) is 0 Å². The highest BCUT2D eigenvalue weighted by atomic mass is 35.5. The summed E-state index contributed by atoms with van der Waals surface area (Å²) in [5, 5.41) is 0.0107. The fourth-order valence-electron chi connectivity index (χ4n) is 4.21. The van der Waals surface area contributed by atoms with Gasteiger partial charge in [-0.15, -0.1) is 0 Å². The van der Waals surface area contributed by atoms with Gasteiger partial charge < -0.3 is 15.5 Å². The van der Waals surface area contributed by atoms with Crippen LogP contribution in [-0.2, 0) is 6.18 Å². The minimum atomic E-state index is -4.46. The van der Waals surface area contributed by atoms with Crippen LogP contribution < -0.4 is 10.6 Å². The van der Waals surface area contributed by atoms with Crippen molar-refractivity contribution in [1.82, 2.24) is 9.88 Å². The van der Waals surface area contributed by atoms with E-state index in [0.717, 1.165) is 50.8 Å². The fraction of sp³-hybridized carbons (Fsp3) is 0.667. The van der Waals surface area contributed by atoms with Crippen LogP contribution in [0.15, 0.2) is 12.3 Å². The Balaban J connectivity index is 1.67. The van der Waals surface area contributed by atoms with Crippen molar-refractivity contribution in [1.29, 1.82) is 0 Å². The highest BCUT2D eigenvalue weighted by Gasteiger charge is 2.35. The summed E-state index contributed by atoms with van der Waals surface area (Å²) in [4.78, 5) is 19.5. The Hall–Kier alpha value is -1.70. The highest BCUT2D eigenvalue weighted by Crippen LogP contribution is 2.36. The lowest BCUT2D eigenvalue weighted by atomic mass is 9.86. The van der Waals surface area contributed by atoms with Gasteiger partial charge in [0.1, 0.15) is 5.82 Å². The lowest BCUT2D eigenvalue weighted by Gasteiger charge is -2.40. The van der Waals surface area contributed by atoms with Gasteiger partial charge in [-0.05, 0) is 37.7 Å². The van der Waals surface area contributed by atoms with Gasteiger partial charge in [0.05, 0.1) is 10.6 Å². The maximum absolute atomic E-state index is 12.8. The number of carbonyl (C=O) groups is 1. The maximum Gasteiger partial charge on any atom is 0.417 e. The number of urea groups is 1. The molecule has 1 aromatic rings. The van der Waals surface area contributed by atoms with Gasteiger partial charge in [-0.1, -0.05) is 24.4 Å². The quantitative estimate of drug-likeness (QED) is 0.799. The van der Waals surface area contributed by atoms with Crippen molar-refractivity contribution in [3.05, 3.63) is 22.8 Å². The second-order valence-electron chi connectivity index (χ2n) is 7.30. The number of hydrogen-bond donors (Lipinski definition) is 1. The molecule has 150 valence electrons. The van der Waals surface area contributed by atoms with E-state index in [1.165, 1.54) is 0 Å². The average Bonchev–Trinajstić information content (AvgIpc) is 2.87. The Bertz CT molecular complexity index is 677. The monoisotopic (exact) mass is 404 g/mol. The van der Waals surface area contributed by atoms with E-state index in [2.05, 4.69) is 4.98 Å². The summed E-state index contributed by atoms with van der Waals surface area (Å²) >= 11 is 6.07.